The summed E-state index contributed by atoms with van der Waals surface area (Å²) < 4.78 is 38.9. The van der Waals surface area contributed by atoms with Gasteiger partial charge in [0, 0.05) is 26.1 Å². The normalized spacial score (nSPS) is 13.3. The number of sulfonamides is 1. The molecule has 1 aliphatic rings. The minimum atomic E-state index is -3.87. The molecular formula is C30H35N3O6S. The highest BCUT2D eigenvalue weighted by molar-refractivity contribution is 7.92. The molecule has 0 bridgehead atoms. The van der Waals surface area contributed by atoms with Crippen LogP contribution in [0.15, 0.2) is 72.8 Å². The summed E-state index contributed by atoms with van der Waals surface area (Å²) in [5, 5.41) is 2.68. The van der Waals surface area contributed by atoms with Crippen molar-refractivity contribution >= 4 is 27.5 Å². The number of likely N-dealkylation sites (N-methyl/N-ethyl adjacent to an activating group) is 1. The van der Waals surface area contributed by atoms with Crippen molar-refractivity contribution < 1.29 is 27.5 Å². The van der Waals surface area contributed by atoms with Gasteiger partial charge in [0.25, 0.3) is 0 Å². The predicted molar refractivity (Wildman–Crippen MR) is 154 cm³/mol. The molecule has 4 rings (SSSR count). The molecule has 9 nitrogen and oxygen atoms in total. The summed E-state index contributed by atoms with van der Waals surface area (Å²) in [6.45, 7) is 3.88. The zero-order valence-electron chi connectivity index (χ0n) is 23.0. The van der Waals surface area contributed by atoms with Gasteiger partial charge in [0.15, 0.2) is 11.5 Å². The second-order valence-corrected chi connectivity index (χ2v) is 11.7. The van der Waals surface area contributed by atoms with E-state index in [0.717, 1.165) is 21.0 Å². The van der Waals surface area contributed by atoms with Gasteiger partial charge in [-0.25, -0.2) is 8.42 Å². The van der Waals surface area contributed by atoms with Crippen molar-refractivity contribution in [3.63, 3.8) is 0 Å². The van der Waals surface area contributed by atoms with Crippen LogP contribution in [0.25, 0.3) is 0 Å². The number of carbonyl (C=O) groups is 2. The molecule has 0 fully saturated rings. The van der Waals surface area contributed by atoms with Crippen LogP contribution in [0.3, 0.4) is 0 Å². The van der Waals surface area contributed by atoms with E-state index in [9.17, 15) is 18.0 Å². The predicted octanol–water partition coefficient (Wildman–Crippen LogP) is 3.31. The first kappa shape index (κ1) is 28.9. The molecule has 40 heavy (non-hydrogen) atoms. The van der Waals surface area contributed by atoms with Crippen LogP contribution in [0.1, 0.15) is 23.6 Å². The Kier molecular flexibility index (Phi) is 9.31. The zero-order chi connectivity index (χ0) is 28.7. The number of hydrogen-bond donors (Lipinski definition) is 1. The molecule has 3 aromatic rings. The molecule has 3 aromatic carbocycles. The Morgan fingerprint density at radius 3 is 2.25 bits per heavy atom. The number of amides is 2. The van der Waals surface area contributed by atoms with Gasteiger partial charge >= 0.3 is 0 Å². The van der Waals surface area contributed by atoms with Crippen LogP contribution in [0.4, 0.5) is 5.69 Å². The number of anilines is 1. The average Bonchev–Trinajstić information content (AvgIpc) is 2.98. The molecule has 0 radical (unpaired) electrons. The second kappa shape index (κ2) is 12.9. The highest BCUT2D eigenvalue weighted by Gasteiger charge is 2.33. The van der Waals surface area contributed by atoms with E-state index in [4.69, 9.17) is 9.47 Å². The molecule has 0 spiro atoms. The van der Waals surface area contributed by atoms with Gasteiger partial charge in [0.2, 0.25) is 21.8 Å². The maximum absolute atomic E-state index is 14.1. The fraction of sp³-hybridized carbons (Fsp3) is 0.333. The van der Waals surface area contributed by atoms with Crippen molar-refractivity contribution in [1.82, 2.24) is 10.2 Å². The monoisotopic (exact) mass is 565 g/mol. The molecule has 1 N–H and O–H groups in total. The standard InChI is InChI=1S/C30H35N3O6S/c1-4-40(36,37)33(25-14-15-27-28(19-25)39-17-16-38-27)21-29(34)32(20-24-12-10-22(2)11-13-24)26(30(35)31-3)18-23-8-6-5-7-9-23/h5-15,19,26H,4,16-18,20-21H2,1-3H3,(H,31,35). The molecule has 2 amide bonds. The van der Waals surface area contributed by atoms with Crippen LogP contribution < -0.4 is 19.1 Å². The Balaban J connectivity index is 1.72. The van der Waals surface area contributed by atoms with E-state index in [1.807, 2.05) is 61.5 Å². The summed E-state index contributed by atoms with van der Waals surface area (Å²) in [5.41, 5.74) is 3.05. The topological polar surface area (TPSA) is 105 Å². The van der Waals surface area contributed by atoms with Gasteiger partial charge in [-0.2, -0.15) is 0 Å². The third kappa shape index (κ3) is 6.93. The second-order valence-electron chi connectivity index (χ2n) is 9.56. The van der Waals surface area contributed by atoms with Crippen molar-refractivity contribution in [3.8, 4) is 11.5 Å². The highest BCUT2D eigenvalue weighted by Crippen LogP contribution is 2.35. The first-order valence-electron chi connectivity index (χ1n) is 13.2. The van der Waals surface area contributed by atoms with Crippen LogP contribution in [-0.4, -0.2) is 63.7 Å². The quantitative estimate of drug-likeness (QED) is 0.383. The summed E-state index contributed by atoms with van der Waals surface area (Å²) >= 11 is 0. The van der Waals surface area contributed by atoms with Crippen molar-refractivity contribution in [2.75, 3.05) is 36.9 Å². The summed E-state index contributed by atoms with van der Waals surface area (Å²) in [6.07, 6.45) is 0.267. The van der Waals surface area contributed by atoms with Crippen LogP contribution in [0.2, 0.25) is 0 Å². The lowest BCUT2D eigenvalue weighted by atomic mass is 10.0. The van der Waals surface area contributed by atoms with E-state index in [-0.39, 0.29) is 30.3 Å². The Labute approximate surface area is 235 Å². The molecule has 0 aliphatic carbocycles. The Morgan fingerprint density at radius 1 is 0.925 bits per heavy atom. The molecule has 1 atom stereocenters. The Hall–Kier alpha value is -4.05. The lowest BCUT2D eigenvalue weighted by Gasteiger charge is -2.33. The summed E-state index contributed by atoms with van der Waals surface area (Å²) in [5.74, 6) is -0.129. The number of hydrogen-bond acceptors (Lipinski definition) is 6. The number of fused-ring (bicyclic) bond motifs is 1. The third-order valence-corrected chi connectivity index (χ3v) is 8.53. The molecule has 1 heterocycles. The first-order valence-corrected chi connectivity index (χ1v) is 14.8. The number of aryl methyl sites for hydroxylation is 1. The molecule has 0 aromatic heterocycles. The highest BCUT2D eigenvalue weighted by atomic mass is 32.2. The SMILES string of the molecule is CCS(=O)(=O)N(CC(=O)N(Cc1ccc(C)cc1)C(Cc1ccccc1)C(=O)NC)c1ccc2c(c1)OCCO2. The van der Waals surface area contributed by atoms with E-state index >= 15 is 0 Å². The molecule has 10 heteroatoms. The molecule has 0 saturated heterocycles. The van der Waals surface area contributed by atoms with Crippen LogP contribution in [-0.2, 0) is 32.6 Å². The maximum atomic E-state index is 14.1. The van der Waals surface area contributed by atoms with Crippen LogP contribution in [0.5, 0.6) is 11.5 Å². The van der Waals surface area contributed by atoms with Gasteiger partial charge in [0.1, 0.15) is 25.8 Å². The minimum Gasteiger partial charge on any atom is -0.486 e. The number of nitrogens with zero attached hydrogens (tertiary/aromatic N) is 2. The fourth-order valence-corrected chi connectivity index (χ4v) is 5.57. The smallest absolute Gasteiger partial charge is 0.244 e. The van der Waals surface area contributed by atoms with E-state index in [0.29, 0.717) is 24.7 Å². The van der Waals surface area contributed by atoms with Gasteiger partial charge < -0.3 is 19.7 Å². The molecule has 1 aliphatic heterocycles. The maximum Gasteiger partial charge on any atom is 0.244 e. The van der Waals surface area contributed by atoms with E-state index in [1.165, 1.54) is 18.9 Å². The summed E-state index contributed by atoms with van der Waals surface area (Å²) in [4.78, 5) is 28.8. The van der Waals surface area contributed by atoms with E-state index < -0.39 is 28.5 Å². The molecule has 0 saturated carbocycles. The number of carbonyl (C=O) groups excluding carboxylic acids is 2. The number of rotatable bonds is 11. The van der Waals surface area contributed by atoms with Crippen LogP contribution in [0, 0.1) is 6.92 Å². The number of ether oxygens (including phenoxy) is 2. The first-order chi connectivity index (χ1) is 19.2. The molecule has 212 valence electrons. The largest absolute Gasteiger partial charge is 0.486 e. The number of benzene rings is 3. The van der Waals surface area contributed by atoms with Crippen molar-refractivity contribution in [3.05, 3.63) is 89.5 Å². The Bertz CT molecular complexity index is 1430. The van der Waals surface area contributed by atoms with Gasteiger partial charge in [0.05, 0.1) is 11.4 Å². The fourth-order valence-electron chi connectivity index (χ4n) is 4.52. The van der Waals surface area contributed by atoms with Gasteiger partial charge in [-0.3, -0.25) is 13.9 Å². The number of nitrogens with one attached hydrogen (secondary N) is 1. The zero-order valence-corrected chi connectivity index (χ0v) is 23.8. The van der Waals surface area contributed by atoms with Crippen molar-refractivity contribution in [2.24, 2.45) is 0 Å². The minimum absolute atomic E-state index is 0.130. The third-order valence-electron chi connectivity index (χ3n) is 6.78. The lowest BCUT2D eigenvalue weighted by Crippen LogP contribution is -2.53. The van der Waals surface area contributed by atoms with Gasteiger partial charge in [-0.15, -0.1) is 0 Å². The summed E-state index contributed by atoms with van der Waals surface area (Å²) in [7, 11) is -2.34. The van der Waals surface area contributed by atoms with E-state index in [2.05, 4.69) is 5.32 Å². The van der Waals surface area contributed by atoms with Crippen molar-refractivity contribution in [2.45, 2.75) is 32.9 Å². The van der Waals surface area contributed by atoms with Gasteiger partial charge in [-0.05, 0) is 37.1 Å². The van der Waals surface area contributed by atoms with Crippen LogP contribution >= 0.6 is 0 Å². The molecule has 1 unspecified atom stereocenters. The lowest BCUT2D eigenvalue weighted by molar-refractivity contribution is -0.139. The molecular weight excluding hydrogens is 530 g/mol. The average molecular weight is 566 g/mol. The Morgan fingerprint density at radius 2 is 1.60 bits per heavy atom. The summed E-state index contributed by atoms with van der Waals surface area (Å²) in [6, 6.07) is 21.0. The van der Waals surface area contributed by atoms with Gasteiger partial charge in [-0.1, -0.05) is 60.2 Å². The van der Waals surface area contributed by atoms with Crippen molar-refractivity contribution in [1.29, 1.82) is 0 Å². The van der Waals surface area contributed by atoms with E-state index in [1.54, 1.807) is 18.2 Å².